The molecule has 0 aliphatic heterocycles. The number of carbonyl (C=O) groups is 2. The summed E-state index contributed by atoms with van der Waals surface area (Å²) >= 11 is 0. The number of hydrogen-bond acceptors (Lipinski definition) is 4. The molecule has 8 nitrogen and oxygen atoms in total. The number of aryl methyl sites for hydroxylation is 2. The van der Waals surface area contributed by atoms with E-state index in [1.807, 2.05) is 21.5 Å². The number of carbonyl (C=O) groups excluding carboxylic acids is 2. The molecule has 2 amide bonds. The van der Waals surface area contributed by atoms with Crippen molar-refractivity contribution < 1.29 is 9.59 Å². The van der Waals surface area contributed by atoms with Crippen LogP contribution in [0.5, 0.6) is 0 Å². The van der Waals surface area contributed by atoms with Crippen LogP contribution in [0.4, 0.5) is 0 Å². The largest absolute Gasteiger partial charge is 0.352 e. The van der Waals surface area contributed by atoms with Gasteiger partial charge < -0.3 is 19.8 Å². The van der Waals surface area contributed by atoms with Crippen molar-refractivity contribution in [2.75, 3.05) is 13.1 Å². The first-order valence-electron chi connectivity index (χ1n) is 9.31. The predicted octanol–water partition coefficient (Wildman–Crippen LogP) is 1.72. The lowest BCUT2D eigenvalue weighted by Gasteiger charge is -2.11. The van der Waals surface area contributed by atoms with Gasteiger partial charge in [-0.05, 0) is 25.0 Å². The molecule has 3 rings (SSSR count). The minimum Gasteiger partial charge on any atom is -0.352 e. The van der Waals surface area contributed by atoms with Crippen LogP contribution in [-0.2, 0) is 13.1 Å². The SMILES string of the molecule is O=C(NCCCn1ccnc1)c1ccccc1C(=O)NCCCn1ccnc1. The Bertz CT molecular complexity index is 801. The number of aromatic nitrogens is 4. The Kier molecular flexibility index (Phi) is 6.95. The summed E-state index contributed by atoms with van der Waals surface area (Å²) < 4.78 is 3.91. The van der Waals surface area contributed by atoms with Gasteiger partial charge in [0.05, 0.1) is 23.8 Å². The second-order valence-electron chi connectivity index (χ2n) is 6.37. The molecule has 0 atom stereocenters. The van der Waals surface area contributed by atoms with Gasteiger partial charge in [0.25, 0.3) is 11.8 Å². The Balaban J connectivity index is 1.46. The molecule has 0 spiro atoms. The summed E-state index contributed by atoms with van der Waals surface area (Å²) in [5.74, 6) is -0.482. The summed E-state index contributed by atoms with van der Waals surface area (Å²) in [4.78, 5) is 33.0. The van der Waals surface area contributed by atoms with Gasteiger partial charge >= 0.3 is 0 Å². The van der Waals surface area contributed by atoms with Crippen molar-refractivity contribution in [3.05, 3.63) is 72.8 Å². The second-order valence-corrected chi connectivity index (χ2v) is 6.37. The molecular formula is C20H24N6O2. The standard InChI is InChI=1S/C20H24N6O2/c27-19(23-7-3-11-25-13-9-21-15-25)17-5-1-2-6-18(17)20(28)24-8-4-12-26-14-10-22-16-26/h1-2,5-6,9-10,13-16H,3-4,7-8,11-12H2,(H,23,27)(H,24,28). The fourth-order valence-electron chi connectivity index (χ4n) is 2.83. The molecule has 0 bridgehead atoms. The molecule has 0 fully saturated rings. The van der Waals surface area contributed by atoms with Crippen molar-refractivity contribution in [2.24, 2.45) is 0 Å². The Hall–Kier alpha value is -3.42. The van der Waals surface area contributed by atoms with Gasteiger partial charge in [0.2, 0.25) is 0 Å². The number of imidazole rings is 2. The van der Waals surface area contributed by atoms with Crippen LogP contribution in [0.3, 0.4) is 0 Å². The van der Waals surface area contributed by atoms with Crippen LogP contribution in [0.2, 0.25) is 0 Å². The monoisotopic (exact) mass is 380 g/mol. The quantitative estimate of drug-likeness (QED) is 0.524. The summed E-state index contributed by atoms with van der Waals surface area (Å²) in [6.07, 6.45) is 12.3. The number of nitrogens with one attached hydrogen (secondary N) is 2. The van der Waals surface area contributed by atoms with Crippen LogP contribution in [0.15, 0.2) is 61.7 Å². The lowest BCUT2D eigenvalue weighted by atomic mass is 10.1. The number of rotatable bonds is 10. The van der Waals surface area contributed by atoms with Crippen molar-refractivity contribution >= 4 is 11.8 Å². The zero-order valence-electron chi connectivity index (χ0n) is 15.6. The lowest BCUT2D eigenvalue weighted by Crippen LogP contribution is -2.30. The van der Waals surface area contributed by atoms with Crippen LogP contribution in [0.25, 0.3) is 0 Å². The van der Waals surface area contributed by atoms with Crippen molar-refractivity contribution in [3.8, 4) is 0 Å². The number of amides is 2. The molecule has 2 aromatic heterocycles. The van der Waals surface area contributed by atoms with Gasteiger partial charge in [-0.2, -0.15) is 0 Å². The van der Waals surface area contributed by atoms with E-state index in [1.54, 1.807) is 49.3 Å². The molecule has 0 saturated heterocycles. The number of hydrogen-bond donors (Lipinski definition) is 2. The maximum atomic E-state index is 12.5. The third kappa shape index (κ3) is 5.54. The minimum absolute atomic E-state index is 0.241. The van der Waals surface area contributed by atoms with Gasteiger partial charge in [-0.3, -0.25) is 9.59 Å². The van der Waals surface area contributed by atoms with Crippen LogP contribution in [-0.4, -0.2) is 44.0 Å². The molecular weight excluding hydrogens is 356 g/mol. The summed E-state index contributed by atoms with van der Waals surface area (Å²) in [6, 6.07) is 6.86. The first kappa shape index (κ1) is 19.3. The average molecular weight is 380 g/mol. The summed E-state index contributed by atoms with van der Waals surface area (Å²) in [7, 11) is 0. The van der Waals surface area contributed by atoms with E-state index in [-0.39, 0.29) is 11.8 Å². The van der Waals surface area contributed by atoms with Crippen molar-refractivity contribution in [1.82, 2.24) is 29.7 Å². The van der Waals surface area contributed by atoms with Gasteiger partial charge in [-0.1, -0.05) is 12.1 Å². The van der Waals surface area contributed by atoms with E-state index in [0.29, 0.717) is 24.2 Å². The van der Waals surface area contributed by atoms with E-state index in [9.17, 15) is 9.59 Å². The Morgan fingerprint density at radius 2 is 1.25 bits per heavy atom. The van der Waals surface area contributed by atoms with Gasteiger partial charge in [0.15, 0.2) is 0 Å². The molecule has 28 heavy (non-hydrogen) atoms. The van der Waals surface area contributed by atoms with Gasteiger partial charge in [0.1, 0.15) is 0 Å². The smallest absolute Gasteiger partial charge is 0.252 e. The highest BCUT2D eigenvalue weighted by molar-refractivity contribution is 6.07. The van der Waals surface area contributed by atoms with Gasteiger partial charge in [-0.25, -0.2) is 9.97 Å². The number of benzene rings is 1. The van der Waals surface area contributed by atoms with E-state index in [1.165, 1.54) is 0 Å². The Labute approximate surface area is 163 Å². The normalized spacial score (nSPS) is 10.6. The summed E-state index contributed by atoms with van der Waals surface area (Å²) in [6.45, 7) is 2.61. The van der Waals surface area contributed by atoms with E-state index in [2.05, 4.69) is 20.6 Å². The fourth-order valence-corrected chi connectivity index (χ4v) is 2.83. The molecule has 0 aliphatic carbocycles. The molecule has 0 saturated carbocycles. The highest BCUT2D eigenvalue weighted by atomic mass is 16.2. The summed E-state index contributed by atoms with van der Waals surface area (Å²) in [5.41, 5.74) is 0.773. The minimum atomic E-state index is -0.241. The van der Waals surface area contributed by atoms with Crippen molar-refractivity contribution in [3.63, 3.8) is 0 Å². The second kappa shape index (κ2) is 10.1. The zero-order valence-corrected chi connectivity index (χ0v) is 15.6. The fraction of sp³-hybridized carbons (Fsp3) is 0.300. The first-order chi connectivity index (χ1) is 13.7. The third-order valence-corrected chi connectivity index (χ3v) is 4.29. The van der Waals surface area contributed by atoms with Crippen LogP contribution in [0, 0.1) is 0 Å². The molecule has 1 aromatic carbocycles. The Morgan fingerprint density at radius 1 is 0.786 bits per heavy atom. The van der Waals surface area contributed by atoms with Crippen LogP contribution in [0.1, 0.15) is 33.6 Å². The molecule has 0 aliphatic rings. The molecule has 0 unspecified atom stereocenters. The number of nitrogens with zero attached hydrogens (tertiary/aromatic N) is 4. The molecule has 2 N–H and O–H groups in total. The molecule has 8 heteroatoms. The molecule has 146 valence electrons. The molecule has 3 aromatic rings. The van der Waals surface area contributed by atoms with Crippen LogP contribution < -0.4 is 10.6 Å². The zero-order chi connectivity index (χ0) is 19.6. The lowest BCUT2D eigenvalue weighted by molar-refractivity contribution is 0.0918. The van der Waals surface area contributed by atoms with Crippen molar-refractivity contribution in [2.45, 2.75) is 25.9 Å². The van der Waals surface area contributed by atoms with E-state index in [4.69, 9.17) is 0 Å². The Morgan fingerprint density at radius 3 is 1.64 bits per heavy atom. The van der Waals surface area contributed by atoms with E-state index in [0.717, 1.165) is 25.9 Å². The maximum absolute atomic E-state index is 12.5. The highest BCUT2D eigenvalue weighted by Gasteiger charge is 2.15. The average Bonchev–Trinajstić information content (AvgIpc) is 3.42. The van der Waals surface area contributed by atoms with E-state index >= 15 is 0 Å². The van der Waals surface area contributed by atoms with Crippen molar-refractivity contribution in [1.29, 1.82) is 0 Å². The van der Waals surface area contributed by atoms with Crippen LogP contribution >= 0.6 is 0 Å². The first-order valence-corrected chi connectivity index (χ1v) is 9.31. The van der Waals surface area contributed by atoms with Gasteiger partial charge in [-0.15, -0.1) is 0 Å². The van der Waals surface area contributed by atoms with Gasteiger partial charge in [0, 0.05) is 51.0 Å². The molecule has 2 heterocycles. The third-order valence-electron chi connectivity index (χ3n) is 4.29. The molecule has 0 radical (unpaired) electrons. The maximum Gasteiger partial charge on any atom is 0.252 e. The topological polar surface area (TPSA) is 93.8 Å². The highest BCUT2D eigenvalue weighted by Crippen LogP contribution is 2.09. The summed E-state index contributed by atoms with van der Waals surface area (Å²) in [5, 5.41) is 5.76. The van der Waals surface area contributed by atoms with E-state index < -0.39 is 0 Å². The predicted molar refractivity (Wildman–Crippen MR) is 105 cm³/mol.